The van der Waals surface area contributed by atoms with Crippen LogP contribution in [0.2, 0.25) is 0 Å². The molecule has 0 aliphatic carbocycles. The molecule has 2 heterocycles. The van der Waals surface area contributed by atoms with Gasteiger partial charge in [-0.25, -0.2) is 14.8 Å². The molecule has 9 nitrogen and oxygen atoms in total. The third-order valence-corrected chi connectivity index (χ3v) is 5.96. The number of aromatic hydroxyl groups is 3. The van der Waals surface area contributed by atoms with E-state index in [0.717, 1.165) is 19.4 Å². The van der Waals surface area contributed by atoms with Crippen LogP contribution in [0.4, 0.5) is 0 Å². The Labute approximate surface area is 178 Å². The molecular formula is C22H24N4O5. The Bertz CT molecular complexity index is 1220. The molecule has 1 atom stereocenters. The number of likely N-dealkylation sites (tertiary alicyclic amines) is 1. The second kappa shape index (κ2) is 7.99. The number of phenols is 3. The quantitative estimate of drug-likeness (QED) is 0.362. The van der Waals surface area contributed by atoms with Crippen LogP contribution in [0.3, 0.4) is 0 Å². The second-order valence-electron chi connectivity index (χ2n) is 7.89. The summed E-state index contributed by atoms with van der Waals surface area (Å²) in [5.74, 6) is -1.96. The highest BCUT2D eigenvalue weighted by atomic mass is 16.4. The minimum absolute atomic E-state index is 0.0303. The van der Waals surface area contributed by atoms with E-state index in [1.165, 1.54) is 31.7 Å². The van der Waals surface area contributed by atoms with Crippen LogP contribution in [0.25, 0.3) is 22.1 Å². The van der Waals surface area contributed by atoms with Crippen molar-refractivity contribution in [1.29, 1.82) is 0 Å². The lowest BCUT2D eigenvalue weighted by Crippen LogP contribution is -2.25. The van der Waals surface area contributed by atoms with Gasteiger partial charge in [0.1, 0.15) is 39.3 Å². The highest BCUT2D eigenvalue weighted by Gasteiger charge is 2.22. The van der Waals surface area contributed by atoms with Gasteiger partial charge in [-0.2, -0.15) is 0 Å². The molecule has 0 saturated carbocycles. The molecule has 4 rings (SSSR count). The maximum Gasteiger partial charge on any atom is 0.337 e. The number of rotatable bonds is 5. The first-order valence-electron chi connectivity index (χ1n) is 10.1. The van der Waals surface area contributed by atoms with Crippen molar-refractivity contribution in [3.8, 4) is 17.2 Å². The molecule has 2 aromatic carbocycles. The first-order chi connectivity index (χ1) is 14.8. The van der Waals surface area contributed by atoms with Crippen molar-refractivity contribution in [1.82, 2.24) is 14.9 Å². The van der Waals surface area contributed by atoms with Gasteiger partial charge in [0.05, 0.1) is 11.1 Å². The van der Waals surface area contributed by atoms with Gasteiger partial charge < -0.3 is 25.3 Å². The molecule has 1 fully saturated rings. The van der Waals surface area contributed by atoms with E-state index in [1.807, 2.05) is 0 Å². The van der Waals surface area contributed by atoms with Crippen LogP contribution in [0.5, 0.6) is 17.2 Å². The highest BCUT2D eigenvalue weighted by molar-refractivity contribution is 6.08. The number of benzene rings is 2. The number of aliphatic imine (C=N–C) groups is 1. The predicted octanol–water partition coefficient (Wildman–Crippen LogP) is 2.81. The Hall–Kier alpha value is -3.46. The third kappa shape index (κ3) is 3.61. The molecule has 1 saturated heterocycles. The van der Waals surface area contributed by atoms with E-state index < -0.39 is 5.97 Å². The Morgan fingerprint density at radius 3 is 2.58 bits per heavy atom. The molecule has 0 bridgehead atoms. The largest absolute Gasteiger partial charge is 0.507 e. The maximum atomic E-state index is 11.6. The SMILES string of the molecule is Cc1c(O)c(/C=N/CCC2CCCN2C)c2nc3c(O)ccc(C(=O)O)c3nc2c1O. The highest BCUT2D eigenvalue weighted by Crippen LogP contribution is 2.38. The van der Waals surface area contributed by atoms with Gasteiger partial charge in [0.25, 0.3) is 0 Å². The van der Waals surface area contributed by atoms with Crippen LogP contribution in [-0.2, 0) is 0 Å². The number of fused-ring (bicyclic) bond motifs is 2. The van der Waals surface area contributed by atoms with Crippen molar-refractivity contribution < 1.29 is 25.2 Å². The maximum absolute atomic E-state index is 11.6. The lowest BCUT2D eigenvalue weighted by molar-refractivity contribution is 0.0699. The number of carboxylic acids is 1. The fourth-order valence-corrected chi connectivity index (χ4v) is 4.10. The molecule has 31 heavy (non-hydrogen) atoms. The summed E-state index contributed by atoms with van der Waals surface area (Å²) < 4.78 is 0. The summed E-state index contributed by atoms with van der Waals surface area (Å²) in [6.07, 6.45) is 4.71. The number of nitrogens with zero attached hydrogens (tertiary/aromatic N) is 4. The smallest absolute Gasteiger partial charge is 0.337 e. The molecule has 1 unspecified atom stereocenters. The fraction of sp³-hybridized carbons (Fsp3) is 0.364. The zero-order chi connectivity index (χ0) is 22.3. The van der Waals surface area contributed by atoms with Crippen molar-refractivity contribution in [3.63, 3.8) is 0 Å². The molecule has 3 aromatic rings. The van der Waals surface area contributed by atoms with Crippen molar-refractivity contribution in [2.45, 2.75) is 32.2 Å². The number of hydrogen-bond donors (Lipinski definition) is 4. The van der Waals surface area contributed by atoms with E-state index in [9.17, 15) is 25.2 Å². The minimum Gasteiger partial charge on any atom is -0.507 e. The van der Waals surface area contributed by atoms with Gasteiger partial charge in [0.2, 0.25) is 0 Å². The van der Waals surface area contributed by atoms with Crippen LogP contribution in [0, 0.1) is 6.92 Å². The molecular weight excluding hydrogens is 400 g/mol. The normalized spacial score (nSPS) is 17.3. The topological polar surface area (TPSA) is 139 Å². The summed E-state index contributed by atoms with van der Waals surface area (Å²) in [4.78, 5) is 27.0. The van der Waals surface area contributed by atoms with Crippen LogP contribution < -0.4 is 0 Å². The number of phenolic OH excluding ortho intramolecular Hbond substituents is 3. The predicted molar refractivity (Wildman–Crippen MR) is 116 cm³/mol. The monoisotopic (exact) mass is 424 g/mol. The number of aromatic carboxylic acids is 1. The average Bonchev–Trinajstić information content (AvgIpc) is 3.15. The third-order valence-electron chi connectivity index (χ3n) is 5.96. The van der Waals surface area contributed by atoms with Gasteiger partial charge in [-0.05, 0) is 51.9 Å². The zero-order valence-electron chi connectivity index (χ0n) is 17.3. The summed E-state index contributed by atoms with van der Waals surface area (Å²) in [6, 6.07) is 2.94. The van der Waals surface area contributed by atoms with Crippen molar-refractivity contribution in [2.75, 3.05) is 20.1 Å². The summed E-state index contributed by atoms with van der Waals surface area (Å²) in [5, 5.41) is 40.8. The second-order valence-corrected chi connectivity index (χ2v) is 7.89. The molecule has 4 N–H and O–H groups in total. The standard InChI is InChI=1S/C22H24N4O5/c1-11-20(28)14(10-23-8-7-12-4-3-9-26(12)2)17-19(21(11)29)25-16-13(22(30)31)5-6-15(27)18(16)24-17/h5-6,10,12,27-29H,3-4,7-9H2,1-2H3,(H,30,31)/b23-10+. The Kier molecular flexibility index (Phi) is 5.36. The Morgan fingerprint density at radius 2 is 1.90 bits per heavy atom. The first kappa shape index (κ1) is 20.8. The van der Waals surface area contributed by atoms with E-state index in [2.05, 4.69) is 26.9 Å². The fourth-order valence-electron chi connectivity index (χ4n) is 4.10. The van der Waals surface area contributed by atoms with E-state index in [1.54, 1.807) is 0 Å². The van der Waals surface area contributed by atoms with Gasteiger partial charge in [0, 0.05) is 24.4 Å². The lowest BCUT2D eigenvalue weighted by atomic mass is 10.0. The molecule has 0 radical (unpaired) electrons. The molecule has 0 spiro atoms. The van der Waals surface area contributed by atoms with E-state index in [4.69, 9.17) is 0 Å². The van der Waals surface area contributed by atoms with Crippen LogP contribution in [0.1, 0.15) is 40.7 Å². The number of carboxylic acid groups (broad SMARTS) is 1. The van der Waals surface area contributed by atoms with E-state index in [0.29, 0.717) is 12.6 Å². The average molecular weight is 424 g/mol. The number of aromatic nitrogens is 2. The minimum atomic E-state index is -1.23. The lowest BCUT2D eigenvalue weighted by Gasteiger charge is -2.17. The van der Waals surface area contributed by atoms with Crippen LogP contribution in [-0.4, -0.2) is 73.7 Å². The van der Waals surface area contributed by atoms with Crippen molar-refractivity contribution in [2.24, 2.45) is 4.99 Å². The number of carbonyl (C=O) groups is 1. The first-order valence-corrected chi connectivity index (χ1v) is 10.1. The molecule has 1 aromatic heterocycles. The van der Waals surface area contributed by atoms with Gasteiger partial charge >= 0.3 is 5.97 Å². The van der Waals surface area contributed by atoms with Gasteiger partial charge in [-0.3, -0.25) is 4.99 Å². The molecule has 1 aliphatic rings. The molecule has 1 aliphatic heterocycles. The summed E-state index contributed by atoms with van der Waals surface area (Å²) >= 11 is 0. The van der Waals surface area contributed by atoms with E-state index >= 15 is 0 Å². The molecule has 162 valence electrons. The summed E-state index contributed by atoms with van der Waals surface area (Å²) in [5.41, 5.74) is 0.392. The summed E-state index contributed by atoms with van der Waals surface area (Å²) in [7, 11) is 2.10. The van der Waals surface area contributed by atoms with Crippen molar-refractivity contribution in [3.05, 3.63) is 28.8 Å². The van der Waals surface area contributed by atoms with E-state index in [-0.39, 0.29) is 56.0 Å². The van der Waals surface area contributed by atoms with Gasteiger partial charge in [-0.1, -0.05) is 0 Å². The van der Waals surface area contributed by atoms with Crippen molar-refractivity contribution >= 4 is 34.3 Å². The Balaban J connectivity index is 1.82. The van der Waals surface area contributed by atoms with Crippen LogP contribution >= 0.6 is 0 Å². The summed E-state index contributed by atoms with van der Waals surface area (Å²) in [6.45, 7) is 3.17. The zero-order valence-corrected chi connectivity index (χ0v) is 17.3. The van der Waals surface area contributed by atoms with Gasteiger partial charge in [0.15, 0.2) is 0 Å². The number of hydrogen-bond acceptors (Lipinski definition) is 8. The molecule has 9 heteroatoms. The van der Waals surface area contributed by atoms with Gasteiger partial charge in [-0.15, -0.1) is 0 Å². The Morgan fingerprint density at radius 1 is 1.16 bits per heavy atom. The van der Waals surface area contributed by atoms with Crippen LogP contribution in [0.15, 0.2) is 17.1 Å². The molecule has 0 amide bonds.